The molecule has 4 heteroatoms. The Labute approximate surface area is 167 Å². The van der Waals surface area contributed by atoms with Crippen LogP contribution in [-0.2, 0) is 13.1 Å². The lowest BCUT2D eigenvalue weighted by Gasteiger charge is -2.26. The van der Waals surface area contributed by atoms with Crippen molar-refractivity contribution in [3.63, 3.8) is 0 Å². The highest BCUT2D eigenvalue weighted by atomic mass is 32.1. The lowest BCUT2D eigenvalue weighted by atomic mass is 10.1. The number of nitrogens with zero attached hydrogens (tertiary/aromatic N) is 2. The summed E-state index contributed by atoms with van der Waals surface area (Å²) >= 11 is 5.73. The van der Waals surface area contributed by atoms with E-state index in [1.165, 1.54) is 16.8 Å². The summed E-state index contributed by atoms with van der Waals surface area (Å²) in [5, 5.41) is 4.09. The first-order valence-electron chi connectivity index (χ1n) is 9.03. The summed E-state index contributed by atoms with van der Waals surface area (Å²) in [4.78, 5) is 4.30. The van der Waals surface area contributed by atoms with E-state index in [0.717, 1.165) is 23.9 Å². The standard InChI is InChI=1S/C23H25N3S/c1-25(2)22-15-13-20(14-16-22)18-26(17-19-9-5-3-6-10-19)23(27)24-21-11-7-4-8-12-21/h3-16H,17-18H2,1-2H3,(H,24,27). The van der Waals surface area contributed by atoms with E-state index in [1.54, 1.807) is 0 Å². The lowest BCUT2D eigenvalue weighted by molar-refractivity contribution is 0.413. The average Bonchev–Trinajstić information content (AvgIpc) is 2.69. The Morgan fingerprint density at radius 2 is 1.26 bits per heavy atom. The van der Waals surface area contributed by atoms with Crippen LogP contribution >= 0.6 is 12.2 Å². The van der Waals surface area contributed by atoms with E-state index in [-0.39, 0.29) is 0 Å². The number of hydrogen-bond acceptors (Lipinski definition) is 2. The summed E-state index contributed by atoms with van der Waals surface area (Å²) in [5.74, 6) is 0. The van der Waals surface area contributed by atoms with Gasteiger partial charge in [-0.1, -0.05) is 60.7 Å². The van der Waals surface area contributed by atoms with E-state index in [9.17, 15) is 0 Å². The number of rotatable bonds is 6. The summed E-state index contributed by atoms with van der Waals surface area (Å²) in [6.45, 7) is 1.51. The van der Waals surface area contributed by atoms with Crippen LogP contribution in [0.3, 0.4) is 0 Å². The van der Waals surface area contributed by atoms with Gasteiger partial charge in [-0.05, 0) is 47.6 Å². The summed E-state index contributed by atoms with van der Waals surface area (Å²) in [5.41, 5.74) is 4.66. The smallest absolute Gasteiger partial charge is 0.174 e. The average molecular weight is 376 g/mol. The van der Waals surface area contributed by atoms with Gasteiger partial charge >= 0.3 is 0 Å². The molecule has 0 bridgehead atoms. The van der Waals surface area contributed by atoms with Crippen LogP contribution in [-0.4, -0.2) is 24.1 Å². The Bertz CT molecular complexity index is 846. The molecule has 138 valence electrons. The fourth-order valence-electron chi connectivity index (χ4n) is 2.85. The van der Waals surface area contributed by atoms with Crippen molar-refractivity contribution in [1.29, 1.82) is 0 Å². The van der Waals surface area contributed by atoms with E-state index >= 15 is 0 Å². The van der Waals surface area contributed by atoms with Gasteiger partial charge in [0.1, 0.15) is 0 Å². The van der Waals surface area contributed by atoms with Crippen molar-refractivity contribution in [2.45, 2.75) is 13.1 Å². The van der Waals surface area contributed by atoms with Crippen molar-refractivity contribution < 1.29 is 0 Å². The predicted molar refractivity (Wildman–Crippen MR) is 119 cm³/mol. The highest BCUT2D eigenvalue weighted by molar-refractivity contribution is 7.80. The van der Waals surface area contributed by atoms with Crippen molar-refractivity contribution in [1.82, 2.24) is 4.90 Å². The second-order valence-corrected chi connectivity index (χ2v) is 7.09. The molecule has 0 aromatic heterocycles. The monoisotopic (exact) mass is 375 g/mol. The number of para-hydroxylation sites is 1. The fraction of sp³-hybridized carbons (Fsp3) is 0.174. The van der Waals surface area contributed by atoms with Crippen LogP contribution in [0.25, 0.3) is 0 Å². The minimum Gasteiger partial charge on any atom is -0.378 e. The SMILES string of the molecule is CN(C)c1ccc(CN(Cc2ccccc2)C(=S)Nc2ccccc2)cc1. The van der Waals surface area contributed by atoms with Crippen LogP contribution in [0.15, 0.2) is 84.9 Å². The van der Waals surface area contributed by atoms with E-state index < -0.39 is 0 Å². The summed E-state index contributed by atoms with van der Waals surface area (Å²) < 4.78 is 0. The topological polar surface area (TPSA) is 18.5 Å². The molecule has 1 N–H and O–H groups in total. The van der Waals surface area contributed by atoms with Crippen LogP contribution in [0.1, 0.15) is 11.1 Å². The molecule has 27 heavy (non-hydrogen) atoms. The maximum Gasteiger partial charge on any atom is 0.174 e. The molecule has 0 aliphatic heterocycles. The first kappa shape index (κ1) is 18.9. The quantitative estimate of drug-likeness (QED) is 0.600. The van der Waals surface area contributed by atoms with Crippen LogP contribution < -0.4 is 10.2 Å². The third-order valence-electron chi connectivity index (χ3n) is 4.35. The Morgan fingerprint density at radius 1 is 0.741 bits per heavy atom. The maximum atomic E-state index is 5.73. The van der Waals surface area contributed by atoms with Gasteiger partial charge < -0.3 is 15.1 Å². The number of nitrogens with one attached hydrogen (secondary N) is 1. The molecule has 0 aliphatic rings. The molecular weight excluding hydrogens is 350 g/mol. The molecule has 3 aromatic rings. The zero-order chi connectivity index (χ0) is 19.1. The van der Waals surface area contributed by atoms with Gasteiger partial charge in [0.15, 0.2) is 5.11 Å². The molecule has 0 spiro atoms. The van der Waals surface area contributed by atoms with Crippen LogP contribution in [0, 0.1) is 0 Å². The lowest BCUT2D eigenvalue weighted by Crippen LogP contribution is -2.33. The van der Waals surface area contributed by atoms with Gasteiger partial charge in [0.25, 0.3) is 0 Å². The zero-order valence-electron chi connectivity index (χ0n) is 15.8. The Hall–Kier alpha value is -2.85. The first-order valence-corrected chi connectivity index (χ1v) is 9.44. The number of thiocarbonyl (C=S) groups is 1. The van der Waals surface area contributed by atoms with Crippen LogP contribution in [0.2, 0.25) is 0 Å². The third kappa shape index (κ3) is 5.56. The number of benzene rings is 3. The molecule has 3 aromatic carbocycles. The molecule has 0 atom stereocenters. The van der Waals surface area contributed by atoms with Gasteiger partial charge in [-0.3, -0.25) is 0 Å². The van der Waals surface area contributed by atoms with E-state index in [1.807, 2.05) is 36.4 Å². The Balaban J connectivity index is 1.77. The molecular formula is C23H25N3S. The molecule has 0 aliphatic carbocycles. The van der Waals surface area contributed by atoms with Crippen molar-refractivity contribution in [2.24, 2.45) is 0 Å². The van der Waals surface area contributed by atoms with Gasteiger partial charge in [0.05, 0.1) is 0 Å². The molecule has 3 rings (SSSR count). The Kier molecular flexibility index (Phi) is 6.44. The zero-order valence-corrected chi connectivity index (χ0v) is 16.6. The molecule has 0 unspecified atom stereocenters. The van der Waals surface area contributed by atoms with Gasteiger partial charge in [-0.25, -0.2) is 0 Å². The summed E-state index contributed by atoms with van der Waals surface area (Å²) in [6, 6.07) is 29.1. The van der Waals surface area contributed by atoms with Gasteiger partial charge in [0, 0.05) is 38.6 Å². The third-order valence-corrected chi connectivity index (χ3v) is 4.71. The minimum absolute atomic E-state index is 0.724. The molecule has 0 amide bonds. The highest BCUT2D eigenvalue weighted by Crippen LogP contribution is 2.17. The molecule has 3 nitrogen and oxygen atoms in total. The van der Waals surface area contributed by atoms with Crippen molar-refractivity contribution in [3.8, 4) is 0 Å². The number of anilines is 2. The van der Waals surface area contributed by atoms with Crippen molar-refractivity contribution in [2.75, 3.05) is 24.3 Å². The normalized spacial score (nSPS) is 10.3. The van der Waals surface area contributed by atoms with E-state index in [0.29, 0.717) is 0 Å². The summed E-state index contributed by atoms with van der Waals surface area (Å²) in [7, 11) is 4.10. The van der Waals surface area contributed by atoms with Crippen molar-refractivity contribution >= 4 is 28.7 Å². The van der Waals surface area contributed by atoms with Gasteiger partial charge in [-0.2, -0.15) is 0 Å². The second-order valence-electron chi connectivity index (χ2n) is 6.70. The predicted octanol–water partition coefficient (Wildman–Crippen LogP) is 5.15. The molecule has 0 radical (unpaired) electrons. The largest absolute Gasteiger partial charge is 0.378 e. The second kappa shape index (κ2) is 9.19. The summed E-state index contributed by atoms with van der Waals surface area (Å²) in [6.07, 6.45) is 0. The van der Waals surface area contributed by atoms with E-state index in [2.05, 4.69) is 77.7 Å². The van der Waals surface area contributed by atoms with Gasteiger partial charge in [0.2, 0.25) is 0 Å². The van der Waals surface area contributed by atoms with E-state index in [4.69, 9.17) is 12.2 Å². The molecule has 0 fully saturated rings. The fourth-order valence-corrected chi connectivity index (χ4v) is 3.09. The van der Waals surface area contributed by atoms with Crippen LogP contribution in [0.4, 0.5) is 11.4 Å². The van der Waals surface area contributed by atoms with Gasteiger partial charge in [-0.15, -0.1) is 0 Å². The maximum absolute atomic E-state index is 5.73. The molecule has 0 saturated carbocycles. The molecule has 0 saturated heterocycles. The first-order chi connectivity index (χ1) is 13.1. The molecule has 0 heterocycles. The number of hydrogen-bond donors (Lipinski definition) is 1. The van der Waals surface area contributed by atoms with Crippen LogP contribution in [0.5, 0.6) is 0 Å². The minimum atomic E-state index is 0.724. The Morgan fingerprint density at radius 3 is 1.81 bits per heavy atom. The van der Waals surface area contributed by atoms with Crippen molar-refractivity contribution in [3.05, 3.63) is 96.1 Å². The highest BCUT2D eigenvalue weighted by Gasteiger charge is 2.12.